The molecule has 0 saturated carbocycles. The Labute approximate surface area is 149 Å². The Morgan fingerprint density at radius 1 is 1.24 bits per heavy atom. The average Bonchev–Trinajstić information content (AvgIpc) is 3.20. The van der Waals surface area contributed by atoms with Crippen LogP contribution in [0.25, 0.3) is 11.3 Å². The predicted molar refractivity (Wildman–Crippen MR) is 101 cm³/mol. The number of hydrogen-bond acceptors (Lipinski definition) is 5. The van der Waals surface area contributed by atoms with Gasteiger partial charge in [-0.05, 0) is 29.8 Å². The molecular weight excluding hydrogens is 334 g/mol. The first-order valence-corrected chi connectivity index (χ1v) is 8.79. The van der Waals surface area contributed by atoms with Crippen LogP contribution in [-0.4, -0.2) is 25.0 Å². The van der Waals surface area contributed by atoms with E-state index in [1.807, 2.05) is 48.8 Å². The minimum atomic E-state index is 0.129. The van der Waals surface area contributed by atoms with Crippen LogP contribution >= 0.6 is 11.3 Å². The number of benzene rings is 2. The number of nitrogens with zero attached hydrogens (tertiary/aromatic N) is 2. The second-order valence-corrected chi connectivity index (χ2v) is 6.69. The number of amides is 1. The smallest absolute Gasteiger partial charge is 0.231 e. The number of aromatic nitrogens is 1. The Hall–Kier alpha value is -2.86. The molecule has 1 aromatic heterocycles. The number of carbonyl (C=O) groups excluding carboxylic acids is 1. The van der Waals surface area contributed by atoms with Crippen molar-refractivity contribution >= 4 is 33.8 Å². The molecule has 1 aliphatic rings. The summed E-state index contributed by atoms with van der Waals surface area (Å²) in [5, 5.41) is 6.11. The number of hydrogen-bond donors (Lipinski definition) is 1. The van der Waals surface area contributed by atoms with Crippen LogP contribution in [0.1, 0.15) is 5.56 Å². The maximum absolute atomic E-state index is 11.8. The third-order valence-electron chi connectivity index (χ3n) is 4.31. The zero-order valence-electron chi connectivity index (χ0n) is 13.9. The van der Waals surface area contributed by atoms with Gasteiger partial charge in [-0.1, -0.05) is 18.2 Å². The highest BCUT2D eigenvalue weighted by Gasteiger charge is 2.24. The van der Waals surface area contributed by atoms with Crippen LogP contribution in [-0.2, 0) is 11.2 Å². The van der Waals surface area contributed by atoms with Gasteiger partial charge in [-0.15, -0.1) is 11.3 Å². The van der Waals surface area contributed by atoms with E-state index >= 15 is 0 Å². The largest absolute Gasteiger partial charge is 0.495 e. The van der Waals surface area contributed by atoms with Gasteiger partial charge in [0, 0.05) is 23.7 Å². The molecule has 0 bridgehead atoms. The fourth-order valence-corrected chi connectivity index (χ4v) is 3.69. The van der Waals surface area contributed by atoms with E-state index in [1.54, 1.807) is 12.0 Å². The van der Waals surface area contributed by atoms with E-state index in [2.05, 4.69) is 16.4 Å². The van der Waals surface area contributed by atoms with Crippen LogP contribution in [0, 0.1) is 0 Å². The van der Waals surface area contributed by atoms with Crippen molar-refractivity contribution in [1.29, 1.82) is 0 Å². The molecule has 0 unspecified atom stereocenters. The maximum atomic E-state index is 11.8. The topological polar surface area (TPSA) is 54.5 Å². The lowest BCUT2D eigenvalue weighted by Gasteiger charge is -2.10. The fraction of sp³-hybridized carbons (Fsp3) is 0.158. The molecule has 4 rings (SSSR count). The summed E-state index contributed by atoms with van der Waals surface area (Å²) in [5.41, 5.74) is 4.83. The number of fused-ring (bicyclic) bond motifs is 1. The van der Waals surface area contributed by atoms with Crippen molar-refractivity contribution in [3.05, 3.63) is 53.4 Å². The van der Waals surface area contributed by atoms with Gasteiger partial charge in [-0.25, -0.2) is 4.98 Å². The molecule has 0 atom stereocenters. The van der Waals surface area contributed by atoms with E-state index in [9.17, 15) is 4.79 Å². The second-order valence-electron chi connectivity index (χ2n) is 5.84. The number of para-hydroxylation sites is 2. The summed E-state index contributed by atoms with van der Waals surface area (Å²) in [7, 11) is 3.46. The molecule has 5 nitrogen and oxygen atoms in total. The van der Waals surface area contributed by atoms with E-state index in [0.717, 1.165) is 39.1 Å². The lowest BCUT2D eigenvalue weighted by Crippen LogP contribution is -2.20. The first kappa shape index (κ1) is 15.7. The summed E-state index contributed by atoms with van der Waals surface area (Å²) < 4.78 is 5.36. The minimum Gasteiger partial charge on any atom is -0.495 e. The standard InChI is InChI=1S/C19H17N3O2S/c1-22-16-8-7-12(9-13(16)10-18(22)23)15-11-25-19(21-15)20-14-5-3-4-6-17(14)24-2/h3-9,11H,10H2,1-2H3,(H,20,21). The lowest BCUT2D eigenvalue weighted by atomic mass is 10.1. The van der Waals surface area contributed by atoms with Crippen molar-refractivity contribution in [2.24, 2.45) is 0 Å². The van der Waals surface area contributed by atoms with Gasteiger partial charge >= 0.3 is 0 Å². The highest BCUT2D eigenvalue weighted by atomic mass is 32.1. The Morgan fingerprint density at radius 2 is 2.08 bits per heavy atom. The van der Waals surface area contributed by atoms with Crippen molar-refractivity contribution in [1.82, 2.24) is 4.98 Å². The van der Waals surface area contributed by atoms with Crippen molar-refractivity contribution in [2.45, 2.75) is 6.42 Å². The molecule has 2 heterocycles. The summed E-state index contributed by atoms with van der Waals surface area (Å²) in [5.74, 6) is 0.905. The van der Waals surface area contributed by atoms with Gasteiger partial charge in [0.1, 0.15) is 5.75 Å². The van der Waals surface area contributed by atoms with Gasteiger partial charge in [-0.2, -0.15) is 0 Å². The normalized spacial score (nSPS) is 13.0. The zero-order valence-corrected chi connectivity index (χ0v) is 14.8. The van der Waals surface area contributed by atoms with E-state index in [-0.39, 0.29) is 5.91 Å². The quantitative estimate of drug-likeness (QED) is 0.769. The number of anilines is 3. The molecular formula is C19H17N3O2S. The van der Waals surface area contributed by atoms with Crippen molar-refractivity contribution in [3.8, 4) is 17.0 Å². The summed E-state index contributed by atoms with van der Waals surface area (Å²) in [4.78, 5) is 18.2. The van der Waals surface area contributed by atoms with Crippen LogP contribution in [0.2, 0.25) is 0 Å². The SMILES string of the molecule is COc1ccccc1Nc1nc(-c2ccc3c(c2)CC(=O)N3C)cs1. The molecule has 1 N–H and O–H groups in total. The third-order valence-corrected chi connectivity index (χ3v) is 5.06. The molecule has 6 heteroatoms. The Balaban J connectivity index is 1.60. The summed E-state index contributed by atoms with van der Waals surface area (Å²) >= 11 is 1.54. The maximum Gasteiger partial charge on any atom is 0.231 e. The molecule has 1 amide bonds. The van der Waals surface area contributed by atoms with Crippen LogP contribution in [0.15, 0.2) is 47.8 Å². The Kier molecular flexibility index (Phi) is 3.89. The van der Waals surface area contributed by atoms with Crippen LogP contribution in [0.3, 0.4) is 0 Å². The highest BCUT2D eigenvalue weighted by Crippen LogP contribution is 2.34. The van der Waals surface area contributed by atoms with Gasteiger partial charge in [0.05, 0.1) is 24.9 Å². The Morgan fingerprint density at radius 3 is 2.92 bits per heavy atom. The van der Waals surface area contributed by atoms with Gasteiger partial charge in [-0.3, -0.25) is 4.79 Å². The van der Waals surface area contributed by atoms with E-state index in [1.165, 1.54) is 11.3 Å². The van der Waals surface area contributed by atoms with Crippen LogP contribution in [0.4, 0.5) is 16.5 Å². The first-order valence-electron chi connectivity index (χ1n) is 7.91. The number of carbonyl (C=O) groups is 1. The molecule has 0 saturated heterocycles. The summed E-state index contributed by atoms with van der Waals surface area (Å²) in [6.07, 6.45) is 0.454. The first-order chi connectivity index (χ1) is 12.2. The number of methoxy groups -OCH3 is 1. The van der Waals surface area contributed by atoms with Gasteiger partial charge in [0.25, 0.3) is 0 Å². The molecule has 1 aliphatic heterocycles. The Bertz CT molecular complexity index is 951. The number of nitrogens with one attached hydrogen (secondary N) is 1. The van der Waals surface area contributed by atoms with E-state index in [0.29, 0.717) is 6.42 Å². The summed E-state index contributed by atoms with van der Waals surface area (Å²) in [6, 6.07) is 13.8. The molecule has 3 aromatic rings. The fourth-order valence-electron chi connectivity index (χ4n) is 2.96. The molecule has 0 fully saturated rings. The monoisotopic (exact) mass is 351 g/mol. The average molecular weight is 351 g/mol. The minimum absolute atomic E-state index is 0.129. The molecule has 0 aliphatic carbocycles. The van der Waals surface area contributed by atoms with E-state index < -0.39 is 0 Å². The molecule has 126 valence electrons. The van der Waals surface area contributed by atoms with Gasteiger partial charge < -0.3 is 15.0 Å². The van der Waals surface area contributed by atoms with Crippen molar-refractivity contribution < 1.29 is 9.53 Å². The van der Waals surface area contributed by atoms with E-state index in [4.69, 9.17) is 4.74 Å². The van der Waals surface area contributed by atoms with Crippen LogP contribution in [0.5, 0.6) is 5.75 Å². The number of likely N-dealkylation sites (N-methyl/N-ethyl adjacent to an activating group) is 1. The molecule has 0 spiro atoms. The van der Waals surface area contributed by atoms with Gasteiger partial charge in [0.15, 0.2) is 5.13 Å². The van der Waals surface area contributed by atoms with Crippen LogP contribution < -0.4 is 15.0 Å². The van der Waals surface area contributed by atoms with Crippen molar-refractivity contribution in [2.75, 3.05) is 24.4 Å². The van der Waals surface area contributed by atoms with Crippen molar-refractivity contribution in [3.63, 3.8) is 0 Å². The lowest BCUT2D eigenvalue weighted by molar-refractivity contribution is -0.117. The molecule has 2 aromatic carbocycles. The summed E-state index contributed by atoms with van der Waals surface area (Å²) in [6.45, 7) is 0. The van der Waals surface area contributed by atoms with Gasteiger partial charge in [0.2, 0.25) is 5.91 Å². The molecule has 0 radical (unpaired) electrons. The number of ether oxygens (including phenoxy) is 1. The highest BCUT2D eigenvalue weighted by molar-refractivity contribution is 7.14. The third kappa shape index (κ3) is 2.85. The molecule has 25 heavy (non-hydrogen) atoms. The second kappa shape index (κ2) is 6.22. The zero-order chi connectivity index (χ0) is 17.4. The number of thiazole rings is 1. The predicted octanol–water partition coefficient (Wildman–Crippen LogP) is 4.08. The number of rotatable bonds is 4.